The minimum Gasteiger partial charge on any atom is -0.512 e. The lowest BCUT2D eigenvalue weighted by Crippen LogP contribution is -1.93. The molecule has 0 fully saturated rings. The maximum absolute atomic E-state index is 11.3. The summed E-state index contributed by atoms with van der Waals surface area (Å²) in [5.74, 6) is -0.0817. The van der Waals surface area contributed by atoms with E-state index in [1.54, 1.807) is 18.2 Å². The number of allylic oxidation sites excluding steroid dienone is 4. The number of carbonyl (C=O) groups is 2. The van der Waals surface area contributed by atoms with Crippen molar-refractivity contribution in [2.45, 2.75) is 20.8 Å². The molecule has 4 nitrogen and oxygen atoms in total. The predicted octanol–water partition coefficient (Wildman–Crippen LogP) is 5.77. The van der Waals surface area contributed by atoms with Crippen LogP contribution in [0.2, 0.25) is 0 Å². The lowest BCUT2D eigenvalue weighted by atomic mass is 9.89. The molecule has 3 rings (SSSR count). The third-order valence-corrected chi connectivity index (χ3v) is 5.04. The Hall–Kier alpha value is -3.66. The van der Waals surface area contributed by atoms with Crippen LogP contribution in [0.4, 0.5) is 0 Å². The van der Waals surface area contributed by atoms with E-state index >= 15 is 0 Å². The van der Waals surface area contributed by atoms with E-state index in [-0.39, 0.29) is 22.6 Å². The molecule has 0 aliphatic rings. The fourth-order valence-corrected chi connectivity index (χ4v) is 3.52. The van der Waals surface area contributed by atoms with E-state index in [0.29, 0.717) is 12.6 Å². The van der Waals surface area contributed by atoms with Gasteiger partial charge in [0, 0.05) is 0 Å². The standard InChI is InChI=1S/C25H22O4/c1-15(10-19(13-26)17(3)28)21-8-4-6-18-7-5-9-22(25(18)21)23-12-20(14-27)24(29)11-16(23)2/h4-14,28-29H,1-3H3/b15-10+,19-17-. The van der Waals surface area contributed by atoms with E-state index in [4.69, 9.17) is 0 Å². The molecule has 146 valence electrons. The summed E-state index contributed by atoms with van der Waals surface area (Å²) in [5.41, 5.74) is 4.81. The molecule has 0 aliphatic heterocycles. The van der Waals surface area contributed by atoms with E-state index in [0.717, 1.165) is 38.6 Å². The normalized spacial score (nSPS) is 12.6. The van der Waals surface area contributed by atoms with E-state index in [1.807, 2.05) is 50.2 Å². The Bertz CT molecular complexity index is 1170. The average Bonchev–Trinajstić information content (AvgIpc) is 2.71. The number of aldehydes is 2. The fourth-order valence-electron chi connectivity index (χ4n) is 3.52. The molecule has 0 heterocycles. The summed E-state index contributed by atoms with van der Waals surface area (Å²) in [6.07, 6.45) is 2.93. The Morgan fingerprint density at radius 3 is 2.28 bits per heavy atom. The molecule has 0 amide bonds. The van der Waals surface area contributed by atoms with Gasteiger partial charge in [0.05, 0.1) is 16.9 Å². The van der Waals surface area contributed by atoms with Crippen LogP contribution in [0.25, 0.3) is 27.5 Å². The second-order valence-corrected chi connectivity index (χ2v) is 7.04. The fraction of sp³-hybridized carbons (Fsp3) is 0.120. The van der Waals surface area contributed by atoms with Crippen LogP contribution in [0.15, 0.2) is 65.9 Å². The molecule has 0 aliphatic carbocycles. The number of aromatic hydroxyl groups is 1. The number of carbonyl (C=O) groups excluding carboxylic acids is 2. The van der Waals surface area contributed by atoms with E-state index < -0.39 is 0 Å². The maximum Gasteiger partial charge on any atom is 0.153 e. The van der Waals surface area contributed by atoms with Crippen molar-refractivity contribution in [1.29, 1.82) is 0 Å². The smallest absolute Gasteiger partial charge is 0.153 e. The summed E-state index contributed by atoms with van der Waals surface area (Å²) in [5, 5.41) is 21.7. The quantitative estimate of drug-likeness (QED) is 0.253. The van der Waals surface area contributed by atoms with Crippen molar-refractivity contribution in [3.8, 4) is 16.9 Å². The molecule has 0 saturated heterocycles. The van der Waals surface area contributed by atoms with Crippen LogP contribution in [0, 0.1) is 6.92 Å². The summed E-state index contributed by atoms with van der Waals surface area (Å²) >= 11 is 0. The minimum absolute atomic E-state index is 0.0372. The summed E-state index contributed by atoms with van der Waals surface area (Å²) < 4.78 is 0. The largest absolute Gasteiger partial charge is 0.512 e. The zero-order chi connectivity index (χ0) is 21.1. The molecule has 4 heteroatoms. The predicted molar refractivity (Wildman–Crippen MR) is 116 cm³/mol. The van der Waals surface area contributed by atoms with Crippen LogP contribution < -0.4 is 0 Å². The highest BCUT2D eigenvalue weighted by molar-refractivity contribution is 6.05. The van der Waals surface area contributed by atoms with Crippen LogP contribution in [-0.4, -0.2) is 22.8 Å². The second kappa shape index (κ2) is 8.15. The first kappa shape index (κ1) is 20.1. The number of hydrogen-bond acceptors (Lipinski definition) is 4. The molecular weight excluding hydrogens is 364 g/mol. The van der Waals surface area contributed by atoms with Gasteiger partial charge in [-0.3, -0.25) is 9.59 Å². The van der Waals surface area contributed by atoms with E-state index in [9.17, 15) is 19.8 Å². The third-order valence-electron chi connectivity index (χ3n) is 5.04. The van der Waals surface area contributed by atoms with E-state index in [1.165, 1.54) is 6.92 Å². The summed E-state index contributed by atoms with van der Waals surface area (Å²) in [7, 11) is 0. The van der Waals surface area contributed by atoms with Gasteiger partial charge in [-0.25, -0.2) is 0 Å². The number of rotatable bonds is 5. The number of fused-ring (bicyclic) bond motifs is 1. The number of aliphatic hydroxyl groups is 1. The number of phenols is 1. The van der Waals surface area contributed by atoms with Gasteiger partial charge in [0.1, 0.15) is 5.75 Å². The Morgan fingerprint density at radius 2 is 1.66 bits per heavy atom. The van der Waals surface area contributed by atoms with Gasteiger partial charge in [-0.2, -0.15) is 0 Å². The molecule has 0 bridgehead atoms. The highest BCUT2D eigenvalue weighted by Gasteiger charge is 2.14. The summed E-state index contributed by atoms with van der Waals surface area (Å²) in [4.78, 5) is 22.6. The zero-order valence-corrected chi connectivity index (χ0v) is 16.6. The molecule has 0 unspecified atom stereocenters. The van der Waals surface area contributed by atoms with E-state index in [2.05, 4.69) is 0 Å². The molecule has 0 radical (unpaired) electrons. The van der Waals surface area contributed by atoms with Gasteiger partial charge in [-0.1, -0.05) is 36.4 Å². The van der Waals surface area contributed by atoms with Gasteiger partial charge >= 0.3 is 0 Å². The van der Waals surface area contributed by atoms with Crippen molar-refractivity contribution in [2.75, 3.05) is 0 Å². The lowest BCUT2D eigenvalue weighted by Gasteiger charge is -2.15. The SMILES string of the molecule is C/C(O)=C(C=O)\C=C(/C)c1cccc2cccc(-c3cc(C=O)c(O)cc3C)c12. The van der Waals surface area contributed by atoms with Crippen LogP contribution in [-0.2, 0) is 4.79 Å². The Kier molecular flexibility index (Phi) is 5.64. The Labute approximate surface area is 169 Å². The van der Waals surface area contributed by atoms with Gasteiger partial charge in [0.2, 0.25) is 0 Å². The highest BCUT2D eigenvalue weighted by Crippen LogP contribution is 2.37. The van der Waals surface area contributed by atoms with Crippen molar-refractivity contribution in [1.82, 2.24) is 0 Å². The number of phenolic OH excluding ortho intramolecular Hbond substituents is 1. The number of aliphatic hydroxyl groups excluding tert-OH is 1. The molecule has 29 heavy (non-hydrogen) atoms. The van der Waals surface area contributed by atoms with Crippen LogP contribution in [0.1, 0.15) is 35.3 Å². The first-order chi connectivity index (χ1) is 13.9. The molecule has 0 spiro atoms. The summed E-state index contributed by atoms with van der Waals surface area (Å²) in [6.45, 7) is 5.25. The summed E-state index contributed by atoms with van der Waals surface area (Å²) in [6, 6.07) is 15.1. The van der Waals surface area contributed by atoms with Gasteiger partial charge in [-0.05, 0) is 77.6 Å². The lowest BCUT2D eigenvalue weighted by molar-refractivity contribution is -0.104. The molecule has 2 N–H and O–H groups in total. The number of benzene rings is 3. The van der Waals surface area contributed by atoms with Crippen LogP contribution in [0.5, 0.6) is 5.75 Å². The molecule has 0 aromatic heterocycles. The van der Waals surface area contributed by atoms with Gasteiger partial charge in [0.15, 0.2) is 12.6 Å². The van der Waals surface area contributed by atoms with Crippen LogP contribution >= 0.6 is 0 Å². The molecule has 0 atom stereocenters. The topological polar surface area (TPSA) is 74.6 Å². The zero-order valence-electron chi connectivity index (χ0n) is 16.6. The maximum atomic E-state index is 11.3. The molecular formula is C25H22O4. The first-order valence-electron chi connectivity index (χ1n) is 9.22. The average molecular weight is 386 g/mol. The van der Waals surface area contributed by atoms with Crippen molar-refractivity contribution in [3.05, 3.63) is 82.6 Å². The monoisotopic (exact) mass is 386 g/mol. The number of aryl methyl sites for hydroxylation is 1. The van der Waals surface area contributed by atoms with Crippen molar-refractivity contribution >= 4 is 28.9 Å². The Morgan fingerprint density at radius 1 is 0.966 bits per heavy atom. The van der Waals surface area contributed by atoms with Gasteiger partial charge < -0.3 is 10.2 Å². The Balaban J connectivity index is 2.35. The third kappa shape index (κ3) is 3.83. The van der Waals surface area contributed by atoms with Crippen LogP contribution in [0.3, 0.4) is 0 Å². The molecule has 0 saturated carbocycles. The second-order valence-electron chi connectivity index (χ2n) is 7.04. The van der Waals surface area contributed by atoms with Crippen molar-refractivity contribution < 1.29 is 19.8 Å². The van der Waals surface area contributed by atoms with Crippen molar-refractivity contribution in [3.63, 3.8) is 0 Å². The molecule has 3 aromatic rings. The number of hydrogen-bond donors (Lipinski definition) is 2. The van der Waals surface area contributed by atoms with Gasteiger partial charge in [0.25, 0.3) is 0 Å². The highest BCUT2D eigenvalue weighted by atomic mass is 16.3. The minimum atomic E-state index is -0.0445. The van der Waals surface area contributed by atoms with Gasteiger partial charge in [-0.15, -0.1) is 0 Å². The molecule has 3 aromatic carbocycles. The van der Waals surface area contributed by atoms with Crippen molar-refractivity contribution in [2.24, 2.45) is 0 Å². The first-order valence-corrected chi connectivity index (χ1v) is 9.22.